The highest BCUT2D eigenvalue weighted by Gasteiger charge is 2.34. The normalized spacial score (nSPS) is 15.2. The Labute approximate surface area is 207 Å². The molecule has 1 aliphatic heterocycles. The molecule has 0 radical (unpaired) electrons. The highest BCUT2D eigenvalue weighted by molar-refractivity contribution is 8.00. The highest BCUT2D eigenvalue weighted by atomic mass is 32.2. The van der Waals surface area contributed by atoms with Crippen LogP contribution in [0, 0.1) is 13.8 Å². The lowest BCUT2D eigenvalue weighted by Crippen LogP contribution is -2.17. The maximum atomic E-state index is 12.9. The topological polar surface area (TPSA) is 91.2 Å². The fourth-order valence-electron chi connectivity index (χ4n) is 4.25. The number of anilines is 1. The molecule has 0 saturated heterocycles. The molecule has 1 atom stereocenters. The van der Waals surface area contributed by atoms with Gasteiger partial charge in [-0.1, -0.05) is 30.3 Å². The molecular weight excluding hydrogens is 462 g/mol. The lowest BCUT2D eigenvalue weighted by atomic mass is 9.99. The van der Waals surface area contributed by atoms with Crippen LogP contribution >= 0.6 is 11.8 Å². The van der Waals surface area contributed by atoms with Gasteiger partial charge in [0.05, 0.1) is 30.9 Å². The quantitative estimate of drug-likeness (QED) is 0.435. The van der Waals surface area contributed by atoms with Crippen LogP contribution in [0.4, 0.5) is 5.82 Å². The van der Waals surface area contributed by atoms with Crippen molar-refractivity contribution < 1.29 is 14.3 Å². The van der Waals surface area contributed by atoms with E-state index >= 15 is 0 Å². The highest BCUT2D eigenvalue weighted by Crippen LogP contribution is 2.49. The molecule has 5 rings (SSSR count). The molecule has 8 nitrogen and oxygen atoms in total. The van der Waals surface area contributed by atoms with Crippen molar-refractivity contribution in [2.24, 2.45) is 0 Å². The largest absolute Gasteiger partial charge is 0.497 e. The van der Waals surface area contributed by atoms with Gasteiger partial charge in [0.25, 0.3) is 5.95 Å². The summed E-state index contributed by atoms with van der Waals surface area (Å²) >= 11 is 1.52. The minimum atomic E-state index is -0.260. The van der Waals surface area contributed by atoms with Crippen molar-refractivity contribution in [1.82, 2.24) is 19.7 Å². The molecule has 2 aromatic heterocycles. The van der Waals surface area contributed by atoms with Gasteiger partial charge >= 0.3 is 0 Å². The van der Waals surface area contributed by atoms with Gasteiger partial charge in [-0.2, -0.15) is 9.78 Å². The zero-order valence-corrected chi connectivity index (χ0v) is 20.7. The van der Waals surface area contributed by atoms with E-state index in [0.717, 1.165) is 33.8 Å². The second-order valence-electron chi connectivity index (χ2n) is 8.19. The van der Waals surface area contributed by atoms with Crippen molar-refractivity contribution in [3.8, 4) is 28.7 Å². The van der Waals surface area contributed by atoms with E-state index in [-0.39, 0.29) is 16.9 Å². The third kappa shape index (κ3) is 4.35. The van der Waals surface area contributed by atoms with Crippen molar-refractivity contribution in [2.75, 3.05) is 25.3 Å². The monoisotopic (exact) mass is 487 g/mol. The number of fused-ring (bicyclic) bond motifs is 1. The molecule has 1 amide bonds. The molecule has 0 aliphatic carbocycles. The van der Waals surface area contributed by atoms with Crippen LogP contribution in [0.2, 0.25) is 0 Å². The SMILES string of the molecule is COc1ccc(OC)c([C@@H]2SCC(=O)Nc3c2c(-c2ccccc2)nn3-c2nc(C)cc(C)n2)c1. The Kier molecular flexibility index (Phi) is 6.17. The summed E-state index contributed by atoms with van der Waals surface area (Å²) in [6.07, 6.45) is 0. The molecule has 1 aliphatic rings. The van der Waals surface area contributed by atoms with Crippen LogP contribution in [0.25, 0.3) is 17.2 Å². The minimum Gasteiger partial charge on any atom is -0.497 e. The number of amides is 1. The molecule has 3 heterocycles. The predicted octanol–water partition coefficient (Wildman–Crippen LogP) is 4.74. The number of aromatic nitrogens is 4. The van der Waals surface area contributed by atoms with E-state index in [1.54, 1.807) is 18.9 Å². The van der Waals surface area contributed by atoms with E-state index in [9.17, 15) is 4.79 Å². The molecule has 2 aromatic carbocycles. The number of ether oxygens (including phenoxy) is 2. The van der Waals surface area contributed by atoms with Gasteiger partial charge in [0, 0.05) is 28.1 Å². The smallest absolute Gasteiger partial charge is 0.252 e. The fraction of sp³-hybridized carbons (Fsp3) is 0.231. The third-order valence-corrected chi connectivity index (χ3v) is 7.00. The van der Waals surface area contributed by atoms with Crippen molar-refractivity contribution in [1.29, 1.82) is 0 Å². The van der Waals surface area contributed by atoms with E-state index in [1.807, 2.05) is 68.4 Å². The number of rotatable bonds is 5. The Morgan fingerprint density at radius 1 is 1.00 bits per heavy atom. The molecule has 0 bridgehead atoms. The first kappa shape index (κ1) is 22.9. The number of carbonyl (C=O) groups excluding carboxylic acids is 1. The van der Waals surface area contributed by atoms with Gasteiger partial charge in [0.1, 0.15) is 17.3 Å². The van der Waals surface area contributed by atoms with Crippen LogP contribution in [0.15, 0.2) is 54.6 Å². The van der Waals surface area contributed by atoms with E-state index in [1.165, 1.54) is 11.8 Å². The van der Waals surface area contributed by atoms with Crippen molar-refractivity contribution >= 4 is 23.5 Å². The van der Waals surface area contributed by atoms with E-state index in [2.05, 4.69) is 15.3 Å². The second kappa shape index (κ2) is 9.42. The molecule has 178 valence electrons. The summed E-state index contributed by atoms with van der Waals surface area (Å²) in [5, 5.41) is 7.77. The molecule has 0 saturated carbocycles. The second-order valence-corrected chi connectivity index (χ2v) is 9.28. The Bertz CT molecular complexity index is 1380. The first-order chi connectivity index (χ1) is 17.0. The van der Waals surface area contributed by atoms with Crippen LogP contribution in [0.3, 0.4) is 0 Å². The van der Waals surface area contributed by atoms with Crippen LogP contribution in [-0.4, -0.2) is 45.6 Å². The molecule has 4 aromatic rings. The van der Waals surface area contributed by atoms with Gasteiger partial charge in [-0.05, 0) is 38.1 Å². The zero-order chi connectivity index (χ0) is 24.5. The lowest BCUT2D eigenvalue weighted by molar-refractivity contribution is -0.113. The summed E-state index contributed by atoms with van der Waals surface area (Å²) in [7, 11) is 3.27. The average molecular weight is 488 g/mol. The molecule has 1 N–H and O–H groups in total. The van der Waals surface area contributed by atoms with Gasteiger partial charge in [-0.3, -0.25) is 4.79 Å². The number of methoxy groups -OCH3 is 2. The Morgan fingerprint density at radius 2 is 1.74 bits per heavy atom. The number of aryl methyl sites for hydroxylation is 2. The number of hydrogen-bond acceptors (Lipinski definition) is 7. The summed E-state index contributed by atoms with van der Waals surface area (Å²) in [5.41, 5.74) is 5.06. The Hall–Kier alpha value is -3.85. The van der Waals surface area contributed by atoms with Crippen molar-refractivity contribution in [3.05, 3.63) is 77.1 Å². The fourth-order valence-corrected chi connectivity index (χ4v) is 5.40. The van der Waals surface area contributed by atoms with E-state index in [0.29, 0.717) is 23.3 Å². The van der Waals surface area contributed by atoms with Gasteiger partial charge in [0.2, 0.25) is 5.91 Å². The predicted molar refractivity (Wildman–Crippen MR) is 137 cm³/mol. The van der Waals surface area contributed by atoms with Crippen LogP contribution in [-0.2, 0) is 4.79 Å². The van der Waals surface area contributed by atoms with Crippen molar-refractivity contribution in [3.63, 3.8) is 0 Å². The molecule has 0 unspecified atom stereocenters. The number of hydrogen-bond donors (Lipinski definition) is 1. The maximum Gasteiger partial charge on any atom is 0.252 e. The summed E-state index contributed by atoms with van der Waals surface area (Å²) in [4.78, 5) is 22.1. The first-order valence-electron chi connectivity index (χ1n) is 11.1. The van der Waals surface area contributed by atoms with Crippen LogP contribution in [0.5, 0.6) is 11.5 Å². The number of carbonyl (C=O) groups is 1. The lowest BCUT2D eigenvalue weighted by Gasteiger charge is -2.19. The van der Waals surface area contributed by atoms with Crippen LogP contribution < -0.4 is 14.8 Å². The molecular formula is C26H25N5O3S. The van der Waals surface area contributed by atoms with E-state index in [4.69, 9.17) is 14.6 Å². The molecule has 0 spiro atoms. The van der Waals surface area contributed by atoms with Gasteiger partial charge in [0.15, 0.2) is 0 Å². The summed E-state index contributed by atoms with van der Waals surface area (Å²) in [5.74, 6) is 2.52. The first-order valence-corrected chi connectivity index (χ1v) is 12.2. The molecule has 0 fully saturated rings. The molecule has 35 heavy (non-hydrogen) atoms. The molecule has 9 heteroatoms. The number of thioether (sulfide) groups is 1. The zero-order valence-electron chi connectivity index (χ0n) is 19.9. The van der Waals surface area contributed by atoms with E-state index < -0.39 is 0 Å². The van der Waals surface area contributed by atoms with Gasteiger partial charge in [-0.25, -0.2) is 9.97 Å². The van der Waals surface area contributed by atoms with Crippen molar-refractivity contribution in [2.45, 2.75) is 19.1 Å². The summed E-state index contributed by atoms with van der Waals surface area (Å²) in [6, 6.07) is 17.5. The van der Waals surface area contributed by atoms with Gasteiger partial charge < -0.3 is 14.8 Å². The number of nitrogens with zero attached hydrogens (tertiary/aromatic N) is 4. The van der Waals surface area contributed by atoms with Gasteiger partial charge in [-0.15, -0.1) is 11.8 Å². The minimum absolute atomic E-state index is 0.120. The standard InChI is InChI=1S/C26H25N5O3S/c1-15-12-16(2)28-26(27-15)31-25-22(23(30-31)17-8-6-5-7-9-17)24(35-14-21(32)29-25)19-13-18(33-3)10-11-20(19)34-4/h5-13,24H,14H2,1-4H3,(H,29,32)/t24-/m0/s1. The number of nitrogens with one attached hydrogen (secondary N) is 1. The third-order valence-electron chi connectivity index (χ3n) is 5.75. The Balaban J connectivity index is 1.82. The van der Waals surface area contributed by atoms with Crippen LogP contribution in [0.1, 0.15) is 27.8 Å². The maximum absolute atomic E-state index is 12.9. The Morgan fingerprint density at radius 3 is 2.43 bits per heavy atom. The number of benzene rings is 2. The summed E-state index contributed by atoms with van der Waals surface area (Å²) in [6.45, 7) is 3.83. The average Bonchev–Trinajstić information content (AvgIpc) is 3.13. The summed E-state index contributed by atoms with van der Waals surface area (Å²) < 4.78 is 12.9.